The van der Waals surface area contributed by atoms with Gasteiger partial charge in [0.05, 0.1) is 12.3 Å². The molecule has 0 N–H and O–H groups in total. The van der Waals surface area contributed by atoms with Crippen LogP contribution < -0.4 is 4.74 Å². The summed E-state index contributed by atoms with van der Waals surface area (Å²) in [5.74, 6) is 0.564. The van der Waals surface area contributed by atoms with E-state index < -0.39 is 0 Å². The molecule has 1 heterocycles. The molecule has 0 radical (unpaired) electrons. The highest BCUT2D eigenvalue weighted by Gasteiger charge is 2.16. The molecule has 1 aromatic heterocycles. The number of rotatable bonds is 4. The van der Waals surface area contributed by atoms with E-state index in [2.05, 4.69) is 5.10 Å². The number of hydrogen-bond acceptors (Lipinski definition) is 3. The second-order valence-electron chi connectivity index (χ2n) is 3.40. The number of hydrogen-bond donors (Lipinski definition) is 0. The van der Waals surface area contributed by atoms with Gasteiger partial charge in [0.2, 0.25) is 0 Å². The molecule has 1 aromatic rings. The number of carbonyl (C=O) groups excluding carboxylic acids is 1. The molecule has 0 unspecified atom stereocenters. The van der Waals surface area contributed by atoms with Gasteiger partial charge in [0.25, 0.3) is 0 Å². The van der Waals surface area contributed by atoms with Crippen molar-refractivity contribution in [2.24, 2.45) is 0 Å². The zero-order valence-electron chi connectivity index (χ0n) is 9.07. The van der Waals surface area contributed by atoms with E-state index in [0.29, 0.717) is 18.0 Å². The van der Waals surface area contributed by atoms with E-state index >= 15 is 0 Å². The normalized spacial score (nSPS) is 10.6. The van der Waals surface area contributed by atoms with Crippen molar-refractivity contribution in [3.63, 3.8) is 0 Å². The average molecular weight is 196 g/mol. The topological polar surface area (TPSA) is 44.1 Å². The van der Waals surface area contributed by atoms with Crippen molar-refractivity contribution in [1.29, 1.82) is 0 Å². The van der Waals surface area contributed by atoms with E-state index in [9.17, 15) is 4.79 Å². The molecule has 0 saturated heterocycles. The summed E-state index contributed by atoms with van der Waals surface area (Å²) in [6.45, 7) is 7.99. The number of ketones is 1. The molecular weight excluding hydrogens is 180 g/mol. The van der Waals surface area contributed by atoms with Crippen molar-refractivity contribution < 1.29 is 9.53 Å². The molecule has 0 bridgehead atoms. The van der Waals surface area contributed by atoms with Crippen LogP contribution in [0.25, 0.3) is 0 Å². The number of nitrogens with zero attached hydrogens (tertiary/aromatic N) is 2. The molecule has 0 spiro atoms. The molecule has 0 aromatic carbocycles. The molecule has 1 rings (SSSR count). The Morgan fingerprint density at radius 2 is 2.29 bits per heavy atom. The van der Waals surface area contributed by atoms with Gasteiger partial charge in [0, 0.05) is 13.5 Å². The molecule has 4 heteroatoms. The Labute approximate surface area is 83.9 Å². The summed E-state index contributed by atoms with van der Waals surface area (Å²) in [6, 6.07) is 0. The fourth-order valence-corrected chi connectivity index (χ4v) is 1.30. The standard InChI is InChI=1S/C10H16N2O2/c1-5-12-10(8(4)13)9(6-11-12)14-7(2)3/h6-7H,5H2,1-4H3. The Kier molecular flexibility index (Phi) is 3.28. The molecule has 0 amide bonds. The minimum atomic E-state index is -0.0139. The first kappa shape index (κ1) is 10.8. The molecule has 0 saturated carbocycles. The van der Waals surface area contributed by atoms with Crippen LogP contribution in [0.3, 0.4) is 0 Å². The Hall–Kier alpha value is -1.32. The molecule has 4 nitrogen and oxygen atoms in total. The summed E-state index contributed by atoms with van der Waals surface area (Å²) in [5.41, 5.74) is 0.557. The highest BCUT2D eigenvalue weighted by Crippen LogP contribution is 2.19. The quantitative estimate of drug-likeness (QED) is 0.691. The number of ether oxygens (including phenoxy) is 1. The van der Waals surface area contributed by atoms with Crippen molar-refractivity contribution >= 4 is 5.78 Å². The fraction of sp³-hybridized carbons (Fsp3) is 0.600. The summed E-state index contributed by atoms with van der Waals surface area (Å²) in [6.07, 6.45) is 1.66. The Morgan fingerprint density at radius 1 is 1.64 bits per heavy atom. The minimum Gasteiger partial charge on any atom is -0.487 e. The van der Waals surface area contributed by atoms with Gasteiger partial charge in [-0.05, 0) is 20.8 Å². The summed E-state index contributed by atoms with van der Waals surface area (Å²) in [5, 5.41) is 4.08. The van der Waals surface area contributed by atoms with Crippen LogP contribution in [-0.2, 0) is 6.54 Å². The fourth-order valence-electron chi connectivity index (χ4n) is 1.30. The van der Waals surface area contributed by atoms with Gasteiger partial charge >= 0.3 is 0 Å². The lowest BCUT2D eigenvalue weighted by Gasteiger charge is -2.09. The van der Waals surface area contributed by atoms with E-state index in [1.54, 1.807) is 10.9 Å². The lowest BCUT2D eigenvalue weighted by Crippen LogP contribution is -2.11. The van der Waals surface area contributed by atoms with Crippen LogP contribution >= 0.6 is 0 Å². The van der Waals surface area contributed by atoms with Crippen molar-refractivity contribution in [2.75, 3.05) is 0 Å². The van der Waals surface area contributed by atoms with Crippen LogP contribution in [0.2, 0.25) is 0 Å². The summed E-state index contributed by atoms with van der Waals surface area (Å²) < 4.78 is 7.14. The van der Waals surface area contributed by atoms with E-state index in [-0.39, 0.29) is 11.9 Å². The number of Topliss-reactive ketones (excluding diaryl/α,β-unsaturated/α-hetero) is 1. The predicted octanol–water partition coefficient (Wildman–Crippen LogP) is 1.89. The lowest BCUT2D eigenvalue weighted by molar-refractivity contribution is 0.0997. The molecule has 0 aliphatic heterocycles. The van der Waals surface area contributed by atoms with Crippen molar-refractivity contribution in [2.45, 2.75) is 40.3 Å². The van der Waals surface area contributed by atoms with Gasteiger partial charge in [-0.3, -0.25) is 9.48 Å². The SMILES string of the molecule is CCn1ncc(OC(C)C)c1C(C)=O. The molecule has 0 aliphatic carbocycles. The Balaban J connectivity index is 3.04. The van der Waals surface area contributed by atoms with Crippen LogP contribution in [0.15, 0.2) is 6.20 Å². The van der Waals surface area contributed by atoms with Gasteiger partial charge < -0.3 is 4.74 Å². The lowest BCUT2D eigenvalue weighted by atomic mass is 10.3. The van der Waals surface area contributed by atoms with E-state index in [1.807, 2.05) is 20.8 Å². The first-order valence-corrected chi connectivity index (χ1v) is 4.79. The zero-order valence-corrected chi connectivity index (χ0v) is 9.07. The van der Waals surface area contributed by atoms with E-state index in [4.69, 9.17) is 4.74 Å². The van der Waals surface area contributed by atoms with Crippen LogP contribution in [-0.4, -0.2) is 21.7 Å². The second kappa shape index (κ2) is 4.26. The van der Waals surface area contributed by atoms with Crippen LogP contribution in [0.4, 0.5) is 0 Å². The molecule has 0 fully saturated rings. The smallest absolute Gasteiger partial charge is 0.181 e. The third kappa shape index (κ3) is 2.13. The van der Waals surface area contributed by atoms with E-state index in [1.165, 1.54) is 6.92 Å². The molecule has 78 valence electrons. The van der Waals surface area contributed by atoms with Crippen molar-refractivity contribution in [1.82, 2.24) is 9.78 Å². The maximum absolute atomic E-state index is 11.3. The molecule has 0 atom stereocenters. The first-order valence-electron chi connectivity index (χ1n) is 4.79. The average Bonchev–Trinajstić information content (AvgIpc) is 2.46. The monoisotopic (exact) mass is 196 g/mol. The Morgan fingerprint density at radius 3 is 2.71 bits per heavy atom. The summed E-state index contributed by atoms with van der Waals surface area (Å²) in [7, 11) is 0. The third-order valence-electron chi connectivity index (χ3n) is 1.80. The summed E-state index contributed by atoms with van der Waals surface area (Å²) >= 11 is 0. The number of aromatic nitrogens is 2. The van der Waals surface area contributed by atoms with Gasteiger partial charge in [-0.15, -0.1) is 0 Å². The van der Waals surface area contributed by atoms with Gasteiger partial charge in [-0.2, -0.15) is 5.10 Å². The van der Waals surface area contributed by atoms with Gasteiger partial charge in [-0.1, -0.05) is 0 Å². The van der Waals surface area contributed by atoms with Crippen LogP contribution in [0.5, 0.6) is 5.75 Å². The van der Waals surface area contributed by atoms with Gasteiger partial charge in [-0.25, -0.2) is 0 Å². The van der Waals surface area contributed by atoms with Gasteiger partial charge in [0.15, 0.2) is 11.5 Å². The maximum atomic E-state index is 11.3. The zero-order chi connectivity index (χ0) is 10.7. The maximum Gasteiger partial charge on any atom is 0.181 e. The minimum absolute atomic E-state index is 0.0139. The van der Waals surface area contributed by atoms with Crippen molar-refractivity contribution in [3.8, 4) is 5.75 Å². The van der Waals surface area contributed by atoms with E-state index in [0.717, 1.165) is 0 Å². The molecule has 14 heavy (non-hydrogen) atoms. The predicted molar refractivity (Wildman–Crippen MR) is 53.7 cm³/mol. The highest BCUT2D eigenvalue weighted by molar-refractivity contribution is 5.95. The van der Waals surface area contributed by atoms with Crippen LogP contribution in [0, 0.1) is 0 Å². The molecular formula is C10H16N2O2. The third-order valence-corrected chi connectivity index (χ3v) is 1.80. The largest absolute Gasteiger partial charge is 0.487 e. The second-order valence-corrected chi connectivity index (χ2v) is 3.40. The first-order chi connectivity index (χ1) is 6.56. The number of aryl methyl sites for hydroxylation is 1. The molecule has 0 aliphatic rings. The summed E-state index contributed by atoms with van der Waals surface area (Å²) in [4.78, 5) is 11.3. The van der Waals surface area contributed by atoms with Crippen molar-refractivity contribution in [3.05, 3.63) is 11.9 Å². The number of carbonyl (C=O) groups is 1. The highest BCUT2D eigenvalue weighted by atomic mass is 16.5. The van der Waals surface area contributed by atoms with Crippen LogP contribution in [0.1, 0.15) is 38.2 Å². The van der Waals surface area contributed by atoms with Gasteiger partial charge in [0.1, 0.15) is 5.69 Å². The Bertz CT molecular complexity index is 329.